The number of carbonyl (C=O) groups excluding carboxylic acids is 2. The van der Waals surface area contributed by atoms with Crippen molar-refractivity contribution >= 4 is 33.5 Å². The molecule has 0 atom stereocenters. The van der Waals surface area contributed by atoms with Crippen LogP contribution in [0, 0.1) is 0 Å². The Kier molecular flexibility index (Phi) is 4.96. The summed E-state index contributed by atoms with van der Waals surface area (Å²) in [5, 5.41) is 10.9. The fourth-order valence-corrected chi connectivity index (χ4v) is 2.31. The number of esters is 1. The van der Waals surface area contributed by atoms with Crippen LogP contribution in [0.1, 0.15) is 34.8 Å². The number of carbonyl (C=O) groups is 2. The van der Waals surface area contributed by atoms with Crippen LogP contribution in [0.2, 0.25) is 0 Å². The van der Waals surface area contributed by atoms with Gasteiger partial charge in [-0.25, -0.2) is 4.79 Å². The lowest BCUT2D eigenvalue weighted by molar-refractivity contribution is 0.0594. The number of aryl methyl sites for hydroxylation is 2. The highest BCUT2D eigenvalue weighted by atomic mass is 79.9. The van der Waals surface area contributed by atoms with Gasteiger partial charge in [-0.15, -0.1) is 0 Å². The van der Waals surface area contributed by atoms with Crippen molar-refractivity contribution in [3.63, 3.8) is 0 Å². The Balaban J connectivity index is 2.29. The summed E-state index contributed by atoms with van der Waals surface area (Å²) in [6.07, 6.45) is 3.29. The SMILES string of the molecule is CCn1cc(Br)c(C(=O)Nc2cn(CC)nc2C(=O)OC)n1. The minimum Gasteiger partial charge on any atom is -0.464 e. The second kappa shape index (κ2) is 6.73. The fraction of sp³-hybridized carbons (Fsp3) is 0.385. The molecule has 8 nitrogen and oxygen atoms in total. The molecule has 0 saturated heterocycles. The standard InChI is InChI=1S/C13H16BrN5O3/c1-4-18-6-8(14)10(16-18)12(20)15-9-7-19(5-2)17-11(9)13(21)22-3/h6-7H,4-5H2,1-3H3,(H,15,20). The summed E-state index contributed by atoms with van der Waals surface area (Å²) < 4.78 is 8.43. The number of ether oxygens (including phenoxy) is 1. The van der Waals surface area contributed by atoms with Crippen molar-refractivity contribution in [1.29, 1.82) is 0 Å². The van der Waals surface area contributed by atoms with Gasteiger partial charge in [-0.3, -0.25) is 14.2 Å². The van der Waals surface area contributed by atoms with E-state index in [4.69, 9.17) is 0 Å². The van der Waals surface area contributed by atoms with Crippen molar-refractivity contribution in [3.8, 4) is 0 Å². The minimum absolute atomic E-state index is 0.0590. The number of amides is 1. The summed E-state index contributed by atoms with van der Waals surface area (Å²) >= 11 is 3.30. The molecule has 0 spiro atoms. The number of methoxy groups -OCH3 is 1. The molecule has 1 amide bonds. The first kappa shape index (κ1) is 16.2. The van der Waals surface area contributed by atoms with E-state index in [1.807, 2.05) is 13.8 Å². The monoisotopic (exact) mass is 369 g/mol. The van der Waals surface area contributed by atoms with Gasteiger partial charge in [0.1, 0.15) is 0 Å². The van der Waals surface area contributed by atoms with Gasteiger partial charge < -0.3 is 10.1 Å². The van der Waals surface area contributed by atoms with Crippen LogP contribution in [0.5, 0.6) is 0 Å². The normalized spacial score (nSPS) is 10.5. The summed E-state index contributed by atoms with van der Waals surface area (Å²) in [5.74, 6) is -1.04. The van der Waals surface area contributed by atoms with Gasteiger partial charge in [0, 0.05) is 25.5 Å². The molecule has 0 aromatic carbocycles. The number of hydrogen-bond donors (Lipinski definition) is 1. The highest BCUT2D eigenvalue weighted by Gasteiger charge is 2.22. The van der Waals surface area contributed by atoms with Crippen LogP contribution < -0.4 is 5.32 Å². The summed E-state index contributed by atoms with van der Waals surface area (Å²) in [7, 11) is 1.26. The van der Waals surface area contributed by atoms with Crippen molar-refractivity contribution in [2.75, 3.05) is 12.4 Å². The van der Waals surface area contributed by atoms with Gasteiger partial charge in [0.15, 0.2) is 11.4 Å². The van der Waals surface area contributed by atoms with Gasteiger partial charge in [-0.05, 0) is 29.8 Å². The first-order chi connectivity index (χ1) is 10.5. The topological polar surface area (TPSA) is 91.0 Å². The van der Waals surface area contributed by atoms with Gasteiger partial charge in [0.05, 0.1) is 17.3 Å². The lowest BCUT2D eigenvalue weighted by Crippen LogP contribution is -2.16. The number of hydrogen-bond acceptors (Lipinski definition) is 5. The summed E-state index contributed by atoms with van der Waals surface area (Å²) in [6, 6.07) is 0. The Hall–Kier alpha value is -2.16. The van der Waals surface area contributed by atoms with E-state index in [-0.39, 0.29) is 17.1 Å². The van der Waals surface area contributed by atoms with Crippen LogP contribution in [-0.2, 0) is 17.8 Å². The van der Waals surface area contributed by atoms with Gasteiger partial charge >= 0.3 is 5.97 Å². The summed E-state index contributed by atoms with van der Waals surface area (Å²) in [4.78, 5) is 24.0. The molecule has 0 aliphatic carbocycles. The molecule has 2 rings (SSSR count). The Morgan fingerprint density at radius 3 is 2.32 bits per heavy atom. The molecule has 2 aromatic rings. The van der Waals surface area contributed by atoms with E-state index >= 15 is 0 Å². The fourth-order valence-electron chi connectivity index (χ4n) is 1.82. The van der Waals surface area contributed by atoms with Crippen LogP contribution in [0.3, 0.4) is 0 Å². The third-order valence-corrected chi connectivity index (χ3v) is 3.55. The number of aromatic nitrogens is 4. The van der Waals surface area contributed by atoms with Crippen LogP contribution in [0.25, 0.3) is 0 Å². The molecular weight excluding hydrogens is 354 g/mol. The maximum atomic E-state index is 12.3. The molecule has 0 radical (unpaired) electrons. The van der Waals surface area contributed by atoms with Crippen LogP contribution in [-0.4, -0.2) is 38.5 Å². The highest BCUT2D eigenvalue weighted by Crippen LogP contribution is 2.19. The molecule has 0 fully saturated rings. The van der Waals surface area contributed by atoms with Gasteiger partial charge in [-0.1, -0.05) is 0 Å². The number of nitrogens with zero attached hydrogens (tertiary/aromatic N) is 4. The van der Waals surface area contributed by atoms with Crippen LogP contribution in [0.15, 0.2) is 16.9 Å². The van der Waals surface area contributed by atoms with E-state index in [9.17, 15) is 9.59 Å². The van der Waals surface area contributed by atoms with Gasteiger partial charge in [0.25, 0.3) is 5.91 Å². The Morgan fingerprint density at radius 1 is 1.18 bits per heavy atom. The van der Waals surface area contributed by atoms with Gasteiger partial charge in [-0.2, -0.15) is 10.2 Å². The number of anilines is 1. The quantitative estimate of drug-likeness (QED) is 0.812. The smallest absolute Gasteiger partial charge is 0.360 e. The first-order valence-electron chi connectivity index (χ1n) is 6.70. The molecule has 22 heavy (non-hydrogen) atoms. The molecule has 0 bridgehead atoms. The Labute approximate surface area is 135 Å². The Bertz CT molecular complexity index is 707. The predicted octanol–water partition coefficient (Wildman–Crippen LogP) is 1.92. The van der Waals surface area contributed by atoms with Crippen molar-refractivity contribution in [2.24, 2.45) is 0 Å². The molecule has 9 heteroatoms. The predicted molar refractivity (Wildman–Crippen MR) is 82.8 cm³/mol. The average molecular weight is 370 g/mol. The third kappa shape index (κ3) is 3.19. The molecule has 2 aromatic heterocycles. The zero-order chi connectivity index (χ0) is 16.3. The third-order valence-electron chi connectivity index (χ3n) is 2.97. The van der Waals surface area contributed by atoms with E-state index in [2.05, 4.69) is 36.2 Å². The first-order valence-corrected chi connectivity index (χ1v) is 7.49. The van der Waals surface area contributed by atoms with Crippen LogP contribution in [0.4, 0.5) is 5.69 Å². The molecule has 0 aliphatic rings. The highest BCUT2D eigenvalue weighted by molar-refractivity contribution is 9.10. The number of halogens is 1. The maximum absolute atomic E-state index is 12.3. The number of rotatable bonds is 5. The average Bonchev–Trinajstić information content (AvgIpc) is 3.09. The number of nitrogens with one attached hydrogen (secondary N) is 1. The van der Waals surface area contributed by atoms with Crippen molar-refractivity contribution < 1.29 is 14.3 Å². The Morgan fingerprint density at radius 2 is 1.77 bits per heavy atom. The maximum Gasteiger partial charge on any atom is 0.360 e. The zero-order valence-electron chi connectivity index (χ0n) is 12.5. The van der Waals surface area contributed by atoms with E-state index < -0.39 is 11.9 Å². The van der Waals surface area contributed by atoms with Crippen molar-refractivity contribution in [2.45, 2.75) is 26.9 Å². The molecule has 118 valence electrons. The van der Waals surface area contributed by atoms with Crippen molar-refractivity contribution in [1.82, 2.24) is 19.6 Å². The molecule has 1 N–H and O–H groups in total. The lowest BCUT2D eigenvalue weighted by atomic mass is 10.3. The second-order valence-electron chi connectivity index (χ2n) is 4.37. The second-order valence-corrected chi connectivity index (χ2v) is 5.23. The minimum atomic E-state index is -0.611. The summed E-state index contributed by atoms with van der Waals surface area (Å²) in [6.45, 7) is 5.00. The zero-order valence-corrected chi connectivity index (χ0v) is 14.0. The molecule has 0 aliphatic heterocycles. The summed E-state index contributed by atoms with van der Waals surface area (Å²) in [5.41, 5.74) is 0.585. The lowest BCUT2D eigenvalue weighted by Gasteiger charge is -2.02. The molecule has 2 heterocycles. The molecular formula is C13H16BrN5O3. The van der Waals surface area contributed by atoms with Crippen LogP contribution >= 0.6 is 15.9 Å². The largest absolute Gasteiger partial charge is 0.464 e. The van der Waals surface area contributed by atoms with Gasteiger partial charge in [0.2, 0.25) is 0 Å². The van der Waals surface area contributed by atoms with E-state index in [0.29, 0.717) is 17.6 Å². The molecule has 0 unspecified atom stereocenters. The van der Waals surface area contributed by atoms with E-state index in [0.717, 1.165) is 0 Å². The van der Waals surface area contributed by atoms with E-state index in [1.54, 1.807) is 21.8 Å². The molecule has 0 saturated carbocycles. The van der Waals surface area contributed by atoms with E-state index in [1.165, 1.54) is 7.11 Å². The van der Waals surface area contributed by atoms with Crippen molar-refractivity contribution in [3.05, 3.63) is 28.3 Å².